The molecule has 0 saturated heterocycles. The number of carbonyl (C=O) groups is 2. The Hall–Kier alpha value is -2.22. The summed E-state index contributed by atoms with van der Waals surface area (Å²) in [6, 6.07) is 0. The van der Waals surface area contributed by atoms with Crippen molar-refractivity contribution in [3.8, 4) is 0 Å². The van der Waals surface area contributed by atoms with Crippen molar-refractivity contribution in [2.24, 2.45) is 0 Å². The van der Waals surface area contributed by atoms with Gasteiger partial charge >= 0.3 is 5.97 Å². The number of nitrogens with one attached hydrogen (secondary N) is 2. The van der Waals surface area contributed by atoms with Gasteiger partial charge in [0.05, 0.1) is 16.7 Å². The second-order valence-electron chi connectivity index (χ2n) is 5.09. The van der Waals surface area contributed by atoms with Gasteiger partial charge in [-0.3, -0.25) is 4.79 Å². The van der Waals surface area contributed by atoms with Crippen LogP contribution in [-0.4, -0.2) is 31.9 Å². The van der Waals surface area contributed by atoms with Crippen LogP contribution >= 0.6 is 11.3 Å². The lowest BCUT2D eigenvalue weighted by Gasteiger charge is -2.40. The molecule has 1 amide bonds. The van der Waals surface area contributed by atoms with E-state index in [-0.39, 0.29) is 11.6 Å². The highest BCUT2D eigenvalue weighted by Gasteiger charge is 2.43. The SMILES string of the molecule is Cc1nc(C(=O)NC2(c3ncc(C(=O)O)[nH]3)CCC2)cs1. The molecule has 0 atom stereocenters. The molecule has 1 aliphatic rings. The Morgan fingerprint density at radius 2 is 2.24 bits per heavy atom. The van der Waals surface area contributed by atoms with Crippen LogP contribution in [0.1, 0.15) is 51.1 Å². The average molecular weight is 306 g/mol. The van der Waals surface area contributed by atoms with Crippen LogP contribution in [0.25, 0.3) is 0 Å². The predicted molar refractivity (Wildman–Crippen MR) is 75.4 cm³/mol. The lowest BCUT2D eigenvalue weighted by atomic mass is 9.76. The normalized spacial score (nSPS) is 16.2. The molecule has 0 radical (unpaired) electrons. The molecule has 3 rings (SSSR count). The molecule has 1 aliphatic carbocycles. The van der Waals surface area contributed by atoms with E-state index in [0.29, 0.717) is 11.5 Å². The number of carboxylic acids is 1. The number of rotatable bonds is 4. The summed E-state index contributed by atoms with van der Waals surface area (Å²) in [5.41, 5.74) is -0.203. The third-order valence-corrected chi connectivity index (χ3v) is 4.44. The van der Waals surface area contributed by atoms with Gasteiger partial charge in [0.15, 0.2) is 0 Å². The summed E-state index contributed by atoms with van der Waals surface area (Å²) in [7, 11) is 0. The number of aromatic carboxylic acids is 1. The fraction of sp³-hybridized carbons (Fsp3) is 0.385. The number of imidazole rings is 1. The maximum Gasteiger partial charge on any atom is 0.353 e. The molecule has 21 heavy (non-hydrogen) atoms. The summed E-state index contributed by atoms with van der Waals surface area (Å²) in [6.45, 7) is 1.84. The first kappa shape index (κ1) is 13.7. The molecule has 110 valence electrons. The molecule has 0 aromatic carbocycles. The minimum Gasteiger partial charge on any atom is -0.477 e. The van der Waals surface area contributed by atoms with Gasteiger partial charge in [0.2, 0.25) is 0 Å². The molecule has 1 fully saturated rings. The first-order valence-corrected chi connectivity index (χ1v) is 7.41. The minimum atomic E-state index is -1.07. The average Bonchev–Trinajstić information content (AvgIpc) is 3.02. The maximum atomic E-state index is 12.3. The van der Waals surface area contributed by atoms with Crippen molar-refractivity contribution < 1.29 is 14.7 Å². The summed E-state index contributed by atoms with van der Waals surface area (Å²) in [5.74, 6) is -0.830. The number of H-pyrrole nitrogens is 1. The lowest BCUT2D eigenvalue weighted by molar-refractivity contribution is 0.0690. The van der Waals surface area contributed by atoms with Crippen LogP contribution in [0.3, 0.4) is 0 Å². The second-order valence-corrected chi connectivity index (χ2v) is 6.15. The lowest BCUT2D eigenvalue weighted by Crippen LogP contribution is -2.51. The maximum absolute atomic E-state index is 12.3. The van der Waals surface area contributed by atoms with Gasteiger partial charge in [0.1, 0.15) is 17.2 Å². The van der Waals surface area contributed by atoms with Gasteiger partial charge in [0, 0.05) is 5.38 Å². The number of hydrogen-bond acceptors (Lipinski definition) is 5. The van der Waals surface area contributed by atoms with E-state index < -0.39 is 11.5 Å². The smallest absolute Gasteiger partial charge is 0.353 e. The van der Waals surface area contributed by atoms with Gasteiger partial charge in [-0.05, 0) is 26.2 Å². The van der Waals surface area contributed by atoms with E-state index in [9.17, 15) is 9.59 Å². The van der Waals surface area contributed by atoms with Crippen molar-refractivity contribution in [1.29, 1.82) is 0 Å². The van der Waals surface area contributed by atoms with Crippen LogP contribution in [0.15, 0.2) is 11.6 Å². The Morgan fingerprint density at radius 3 is 2.71 bits per heavy atom. The van der Waals surface area contributed by atoms with Gasteiger partial charge in [-0.2, -0.15) is 0 Å². The van der Waals surface area contributed by atoms with E-state index in [1.54, 1.807) is 5.38 Å². The Kier molecular flexibility index (Phi) is 3.25. The van der Waals surface area contributed by atoms with Crippen molar-refractivity contribution in [1.82, 2.24) is 20.3 Å². The molecule has 2 aromatic heterocycles. The summed E-state index contributed by atoms with van der Waals surface area (Å²) in [5, 5.41) is 14.4. The molecule has 0 unspecified atom stereocenters. The van der Waals surface area contributed by atoms with E-state index in [1.165, 1.54) is 17.5 Å². The van der Waals surface area contributed by atoms with E-state index in [4.69, 9.17) is 5.11 Å². The highest BCUT2D eigenvalue weighted by molar-refractivity contribution is 7.09. The number of aromatic amines is 1. The minimum absolute atomic E-state index is 0.0232. The Morgan fingerprint density at radius 1 is 1.48 bits per heavy atom. The van der Waals surface area contributed by atoms with E-state index in [1.807, 2.05) is 6.92 Å². The molecular formula is C13H14N4O3S. The zero-order chi connectivity index (χ0) is 15.0. The van der Waals surface area contributed by atoms with Gasteiger partial charge in [-0.15, -0.1) is 11.3 Å². The first-order chi connectivity index (χ1) is 10.00. The Balaban J connectivity index is 1.83. The summed E-state index contributed by atoms with van der Waals surface area (Å²) >= 11 is 1.42. The first-order valence-electron chi connectivity index (χ1n) is 6.54. The number of aryl methyl sites for hydroxylation is 1. The van der Waals surface area contributed by atoms with Crippen molar-refractivity contribution in [3.05, 3.63) is 33.8 Å². The molecule has 0 bridgehead atoms. The van der Waals surface area contributed by atoms with Gasteiger partial charge in [-0.25, -0.2) is 14.8 Å². The molecule has 2 aromatic rings. The van der Waals surface area contributed by atoms with Crippen molar-refractivity contribution >= 4 is 23.2 Å². The Bertz CT molecular complexity index is 702. The second kappa shape index (κ2) is 4.96. The molecule has 3 N–H and O–H groups in total. The number of carbonyl (C=O) groups excluding carboxylic acids is 1. The summed E-state index contributed by atoms with van der Waals surface area (Å²) in [4.78, 5) is 34.2. The Labute approximate surface area is 124 Å². The van der Waals surface area contributed by atoms with E-state index in [0.717, 1.165) is 24.3 Å². The fourth-order valence-electron chi connectivity index (χ4n) is 2.37. The topological polar surface area (TPSA) is 108 Å². The van der Waals surface area contributed by atoms with Crippen molar-refractivity contribution in [2.75, 3.05) is 0 Å². The van der Waals surface area contributed by atoms with Gasteiger partial charge < -0.3 is 15.4 Å². The van der Waals surface area contributed by atoms with Crippen LogP contribution in [0.4, 0.5) is 0 Å². The summed E-state index contributed by atoms with van der Waals surface area (Å²) < 4.78 is 0. The highest BCUT2D eigenvalue weighted by Crippen LogP contribution is 2.40. The monoisotopic (exact) mass is 306 g/mol. The van der Waals surface area contributed by atoms with Crippen molar-refractivity contribution in [3.63, 3.8) is 0 Å². The molecule has 1 saturated carbocycles. The zero-order valence-corrected chi connectivity index (χ0v) is 12.2. The predicted octanol–water partition coefficient (Wildman–Crippen LogP) is 1.68. The van der Waals surface area contributed by atoms with Gasteiger partial charge in [0.25, 0.3) is 5.91 Å². The van der Waals surface area contributed by atoms with E-state index >= 15 is 0 Å². The fourth-order valence-corrected chi connectivity index (χ4v) is 2.97. The third kappa shape index (κ3) is 2.42. The van der Waals surface area contributed by atoms with Gasteiger partial charge in [-0.1, -0.05) is 0 Å². The molecule has 8 heteroatoms. The number of carboxylic acid groups (broad SMARTS) is 1. The molecule has 0 spiro atoms. The quantitative estimate of drug-likeness (QED) is 0.796. The highest BCUT2D eigenvalue weighted by atomic mass is 32.1. The largest absolute Gasteiger partial charge is 0.477 e. The zero-order valence-electron chi connectivity index (χ0n) is 11.3. The molecule has 2 heterocycles. The van der Waals surface area contributed by atoms with E-state index in [2.05, 4.69) is 20.3 Å². The molecule has 0 aliphatic heterocycles. The number of nitrogens with zero attached hydrogens (tertiary/aromatic N) is 2. The molecular weight excluding hydrogens is 292 g/mol. The van der Waals surface area contributed by atoms with Crippen LogP contribution in [-0.2, 0) is 5.54 Å². The van der Waals surface area contributed by atoms with Crippen molar-refractivity contribution in [2.45, 2.75) is 31.7 Å². The number of aromatic nitrogens is 3. The van der Waals surface area contributed by atoms with Crippen LogP contribution in [0.2, 0.25) is 0 Å². The number of thiazole rings is 1. The van der Waals surface area contributed by atoms with Crippen LogP contribution < -0.4 is 5.32 Å². The van der Waals surface area contributed by atoms with Crippen LogP contribution in [0, 0.1) is 6.92 Å². The standard InChI is InChI=1S/C13H14N4O3S/c1-7-15-9(6-21-7)10(18)17-13(3-2-4-13)12-14-5-8(16-12)11(19)20/h5-6H,2-4H2,1H3,(H,14,16)(H,17,18)(H,19,20). The third-order valence-electron chi connectivity index (χ3n) is 3.67. The summed E-state index contributed by atoms with van der Waals surface area (Å²) in [6.07, 6.45) is 3.69. The van der Waals surface area contributed by atoms with Crippen LogP contribution in [0.5, 0.6) is 0 Å². The number of amides is 1. The molecule has 7 nitrogen and oxygen atoms in total. The number of hydrogen-bond donors (Lipinski definition) is 3.